The summed E-state index contributed by atoms with van der Waals surface area (Å²) in [6.45, 7) is 5.25. The molecule has 0 aliphatic rings. The average Bonchev–Trinajstić information content (AvgIpc) is 1.46. The van der Waals surface area contributed by atoms with Crippen molar-refractivity contribution in [2.45, 2.75) is 6.92 Å². The Morgan fingerprint density at radius 1 is 1.80 bits per heavy atom. The van der Waals surface area contributed by atoms with Crippen molar-refractivity contribution in [1.29, 1.82) is 0 Å². The van der Waals surface area contributed by atoms with Crippen molar-refractivity contribution in [3.05, 3.63) is 12.7 Å². The Morgan fingerprint density at radius 3 is 1.80 bits per heavy atom. The van der Waals surface area contributed by atoms with Crippen LogP contribution in [0.4, 0.5) is 0 Å². The SMILES string of the molecule is C=CC.[Cl][Ti]. The Morgan fingerprint density at radius 2 is 1.80 bits per heavy atom. The summed E-state index contributed by atoms with van der Waals surface area (Å²) in [5.74, 6) is 0. The Labute approximate surface area is 48.5 Å². The van der Waals surface area contributed by atoms with Gasteiger partial charge >= 0.3 is 28.7 Å². The molecule has 0 aromatic rings. The zero-order chi connectivity index (χ0) is 4.71. The van der Waals surface area contributed by atoms with Crippen LogP contribution in [0.3, 0.4) is 0 Å². The first kappa shape index (κ1) is 9.22. The predicted molar refractivity (Wildman–Crippen MR) is 21.7 cm³/mol. The van der Waals surface area contributed by atoms with E-state index in [4.69, 9.17) is 0 Å². The summed E-state index contributed by atoms with van der Waals surface area (Å²) in [7, 11) is 4.64. The van der Waals surface area contributed by atoms with Crippen LogP contribution in [0.5, 0.6) is 0 Å². The Balaban J connectivity index is 0. The van der Waals surface area contributed by atoms with Crippen molar-refractivity contribution in [3.8, 4) is 0 Å². The Bertz CT molecular complexity index is 14.4. The second-order valence-corrected chi connectivity index (χ2v) is 0.408. The van der Waals surface area contributed by atoms with Crippen LogP contribution in [-0.4, -0.2) is 0 Å². The first-order valence-electron chi connectivity index (χ1n) is 1.17. The van der Waals surface area contributed by atoms with Crippen LogP contribution in [0, 0.1) is 0 Å². The normalized spacial score (nSPS) is 3.40. The fourth-order valence-corrected chi connectivity index (χ4v) is 0. The molecule has 0 unspecified atom stereocenters. The van der Waals surface area contributed by atoms with Crippen molar-refractivity contribution in [2.24, 2.45) is 0 Å². The van der Waals surface area contributed by atoms with Gasteiger partial charge in [0.25, 0.3) is 0 Å². The van der Waals surface area contributed by atoms with E-state index in [0.717, 1.165) is 0 Å². The van der Waals surface area contributed by atoms with Crippen LogP contribution in [0.2, 0.25) is 0 Å². The van der Waals surface area contributed by atoms with Crippen molar-refractivity contribution in [1.82, 2.24) is 0 Å². The molecule has 0 nitrogen and oxygen atoms in total. The third kappa shape index (κ3) is 64.5. The molecule has 0 heterocycles. The monoisotopic (exact) mass is 125 g/mol. The van der Waals surface area contributed by atoms with E-state index >= 15 is 0 Å². The van der Waals surface area contributed by atoms with Gasteiger partial charge in [0, 0.05) is 0 Å². The van der Waals surface area contributed by atoms with Gasteiger partial charge in [-0.1, -0.05) is 6.08 Å². The molecule has 0 aliphatic heterocycles. The molecule has 5 heavy (non-hydrogen) atoms. The molecule has 0 aromatic heterocycles. The second-order valence-electron chi connectivity index (χ2n) is 0.408. The van der Waals surface area contributed by atoms with Gasteiger partial charge in [0.15, 0.2) is 0 Å². The van der Waals surface area contributed by atoms with Crippen molar-refractivity contribution >= 4 is 9.30 Å². The maximum atomic E-state index is 4.64. The van der Waals surface area contributed by atoms with Crippen LogP contribution in [-0.2, 0) is 19.4 Å². The second kappa shape index (κ2) is 21.9. The van der Waals surface area contributed by atoms with Gasteiger partial charge in [0.1, 0.15) is 0 Å². The molecule has 0 aliphatic carbocycles. The van der Waals surface area contributed by atoms with Gasteiger partial charge < -0.3 is 0 Å². The molecule has 0 bridgehead atoms. The third-order valence-corrected chi connectivity index (χ3v) is 0. The van der Waals surface area contributed by atoms with E-state index in [1.54, 1.807) is 6.08 Å². The molecular formula is C3H6ClTi. The zero-order valence-electron chi connectivity index (χ0n) is 3.16. The van der Waals surface area contributed by atoms with Crippen molar-refractivity contribution in [3.63, 3.8) is 0 Å². The molecule has 29 valence electrons. The molecule has 0 amide bonds. The van der Waals surface area contributed by atoms with Crippen LogP contribution in [0.15, 0.2) is 12.7 Å². The average molecular weight is 125 g/mol. The van der Waals surface area contributed by atoms with E-state index in [1.165, 1.54) is 19.4 Å². The van der Waals surface area contributed by atoms with E-state index in [0.29, 0.717) is 0 Å². The summed E-state index contributed by atoms with van der Waals surface area (Å²) in [6.07, 6.45) is 1.75. The van der Waals surface area contributed by atoms with Gasteiger partial charge in [-0.25, -0.2) is 0 Å². The summed E-state index contributed by atoms with van der Waals surface area (Å²) in [4.78, 5) is 0. The maximum absolute atomic E-state index is 4.64. The van der Waals surface area contributed by atoms with Crippen LogP contribution in [0.1, 0.15) is 6.92 Å². The van der Waals surface area contributed by atoms with Crippen LogP contribution >= 0.6 is 9.30 Å². The first-order chi connectivity index (χ1) is 2.41. The van der Waals surface area contributed by atoms with E-state index in [9.17, 15) is 0 Å². The number of hydrogen-bond acceptors (Lipinski definition) is 0. The molecule has 0 saturated carbocycles. The summed E-state index contributed by atoms with van der Waals surface area (Å²) < 4.78 is 0. The fraction of sp³-hybridized carbons (Fsp3) is 0.333. The van der Waals surface area contributed by atoms with Gasteiger partial charge in [0.2, 0.25) is 0 Å². The molecular weight excluding hydrogens is 119 g/mol. The molecule has 0 radical (unpaired) electrons. The molecule has 0 fully saturated rings. The molecule has 0 spiro atoms. The Hall–Kier alpha value is 0.744. The summed E-state index contributed by atoms with van der Waals surface area (Å²) >= 11 is 1.47. The standard InChI is InChI=1S/C3H6.ClH.Ti/c1-3-2;;/h3H,1H2,2H3;1H;/q;;+1/p-1. The van der Waals surface area contributed by atoms with Crippen LogP contribution in [0.25, 0.3) is 0 Å². The van der Waals surface area contributed by atoms with Gasteiger partial charge in [-0.05, 0) is 6.92 Å². The number of allylic oxidation sites excluding steroid dienone is 1. The zero-order valence-corrected chi connectivity index (χ0v) is 5.48. The number of halogens is 1. The minimum absolute atomic E-state index is 1.47. The molecule has 0 rings (SSSR count). The predicted octanol–water partition coefficient (Wildman–Crippen LogP) is 1.88. The third-order valence-electron chi connectivity index (χ3n) is 0. The van der Waals surface area contributed by atoms with Gasteiger partial charge in [-0.2, -0.15) is 0 Å². The van der Waals surface area contributed by atoms with Crippen LogP contribution < -0.4 is 0 Å². The molecule has 0 N–H and O–H groups in total. The van der Waals surface area contributed by atoms with E-state index in [1.807, 2.05) is 6.92 Å². The van der Waals surface area contributed by atoms with Gasteiger partial charge in [-0.15, -0.1) is 6.58 Å². The topological polar surface area (TPSA) is 0 Å². The van der Waals surface area contributed by atoms with Crippen molar-refractivity contribution in [2.75, 3.05) is 0 Å². The molecule has 0 atom stereocenters. The Kier molecular flexibility index (Phi) is 40.3. The van der Waals surface area contributed by atoms with E-state index in [-0.39, 0.29) is 0 Å². The quantitative estimate of drug-likeness (QED) is 0.343. The molecule has 0 aromatic carbocycles. The molecule has 2 heteroatoms. The first-order valence-corrected chi connectivity index (χ1v) is 3.32. The fourth-order valence-electron chi connectivity index (χ4n) is 0. The number of hydrogen-bond donors (Lipinski definition) is 0. The van der Waals surface area contributed by atoms with Crippen molar-refractivity contribution < 1.29 is 19.4 Å². The number of rotatable bonds is 0. The molecule has 0 saturated heterocycles. The summed E-state index contributed by atoms with van der Waals surface area (Å²) in [5, 5.41) is 0. The van der Waals surface area contributed by atoms with Gasteiger partial charge in [-0.3, -0.25) is 0 Å². The minimum atomic E-state index is 1.47. The van der Waals surface area contributed by atoms with E-state index in [2.05, 4.69) is 15.9 Å². The summed E-state index contributed by atoms with van der Waals surface area (Å²) in [5.41, 5.74) is 0. The van der Waals surface area contributed by atoms with Gasteiger partial charge in [0.05, 0.1) is 0 Å². The van der Waals surface area contributed by atoms with E-state index < -0.39 is 0 Å². The summed E-state index contributed by atoms with van der Waals surface area (Å²) in [6, 6.07) is 0.